The van der Waals surface area contributed by atoms with E-state index >= 15 is 0 Å². The number of piperidine rings is 1. The number of methoxy groups -OCH3 is 1. The molecule has 5 nitrogen and oxygen atoms in total. The Kier molecular flexibility index (Phi) is 5.69. The molecular weight excluding hydrogens is 354 g/mol. The van der Waals surface area contributed by atoms with Crippen molar-refractivity contribution in [3.8, 4) is 5.75 Å². The van der Waals surface area contributed by atoms with Gasteiger partial charge in [0.15, 0.2) is 0 Å². The van der Waals surface area contributed by atoms with E-state index in [1.54, 1.807) is 36.3 Å². The summed E-state index contributed by atoms with van der Waals surface area (Å²) >= 11 is 0. The van der Waals surface area contributed by atoms with E-state index in [1.807, 2.05) is 0 Å². The minimum absolute atomic E-state index is 0.0768. The first-order valence-corrected chi connectivity index (χ1v) is 8.67. The molecule has 0 spiro atoms. The summed E-state index contributed by atoms with van der Waals surface area (Å²) in [6.45, 7) is 0.976. The van der Waals surface area contributed by atoms with Gasteiger partial charge in [-0.25, -0.2) is 8.78 Å². The second-order valence-corrected chi connectivity index (χ2v) is 6.39. The number of amides is 2. The highest BCUT2D eigenvalue weighted by atomic mass is 19.1. The van der Waals surface area contributed by atoms with E-state index < -0.39 is 17.5 Å². The molecule has 1 saturated heterocycles. The number of hydrogen-bond donors (Lipinski definition) is 1. The number of halogens is 2. The fourth-order valence-electron chi connectivity index (χ4n) is 3.08. The van der Waals surface area contributed by atoms with Gasteiger partial charge in [0.25, 0.3) is 11.8 Å². The molecule has 0 radical (unpaired) electrons. The molecule has 0 atom stereocenters. The van der Waals surface area contributed by atoms with Gasteiger partial charge in [0.05, 0.1) is 12.7 Å². The SMILES string of the molecule is COc1ccc(C(=O)N2CCC(NC(=O)c3ccc(F)cc3F)CC2)cc1. The molecule has 0 unspecified atom stereocenters. The summed E-state index contributed by atoms with van der Waals surface area (Å²) in [6.07, 6.45) is 1.13. The molecule has 1 aliphatic heterocycles. The Morgan fingerprint density at radius 3 is 2.33 bits per heavy atom. The predicted octanol–water partition coefficient (Wildman–Crippen LogP) is 3.01. The van der Waals surface area contributed by atoms with Crippen molar-refractivity contribution < 1.29 is 23.1 Å². The monoisotopic (exact) mass is 374 g/mol. The molecule has 0 saturated carbocycles. The highest BCUT2D eigenvalue weighted by Crippen LogP contribution is 2.18. The maximum atomic E-state index is 13.7. The van der Waals surface area contributed by atoms with Crippen LogP contribution in [0.15, 0.2) is 42.5 Å². The number of nitrogens with one attached hydrogen (secondary N) is 1. The van der Waals surface area contributed by atoms with Crippen LogP contribution >= 0.6 is 0 Å². The van der Waals surface area contributed by atoms with Gasteiger partial charge in [0, 0.05) is 30.8 Å². The van der Waals surface area contributed by atoms with Crippen molar-refractivity contribution in [1.29, 1.82) is 0 Å². The van der Waals surface area contributed by atoms with Crippen LogP contribution in [-0.4, -0.2) is 43.0 Å². The lowest BCUT2D eigenvalue weighted by Crippen LogP contribution is -2.46. The summed E-state index contributed by atoms with van der Waals surface area (Å²) in [5, 5.41) is 2.75. The summed E-state index contributed by atoms with van der Waals surface area (Å²) in [6, 6.07) is 9.59. The van der Waals surface area contributed by atoms with Crippen molar-refractivity contribution in [1.82, 2.24) is 10.2 Å². The molecule has 1 aliphatic rings. The summed E-state index contributed by atoms with van der Waals surface area (Å²) in [4.78, 5) is 26.4. The summed E-state index contributed by atoms with van der Waals surface area (Å²) in [5.41, 5.74) is 0.389. The molecular formula is C20H20F2N2O3. The Labute approximate surface area is 155 Å². The van der Waals surface area contributed by atoms with Crippen molar-refractivity contribution in [3.63, 3.8) is 0 Å². The van der Waals surface area contributed by atoms with Crippen molar-refractivity contribution in [2.45, 2.75) is 18.9 Å². The van der Waals surface area contributed by atoms with Crippen LogP contribution in [0.25, 0.3) is 0 Å². The summed E-state index contributed by atoms with van der Waals surface area (Å²) < 4.78 is 31.7. The number of rotatable bonds is 4. The van der Waals surface area contributed by atoms with Gasteiger partial charge in [-0.15, -0.1) is 0 Å². The second kappa shape index (κ2) is 8.16. The van der Waals surface area contributed by atoms with Crippen molar-refractivity contribution in [2.75, 3.05) is 20.2 Å². The molecule has 27 heavy (non-hydrogen) atoms. The number of benzene rings is 2. The van der Waals surface area contributed by atoms with E-state index in [-0.39, 0.29) is 17.5 Å². The van der Waals surface area contributed by atoms with Gasteiger partial charge in [-0.1, -0.05) is 0 Å². The first-order chi connectivity index (χ1) is 13.0. The van der Waals surface area contributed by atoms with E-state index in [1.165, 1.54) is 0 Å². The van der Waals surface area contributed by atoms with Crippen molar-refractivity contribution in [2.24, 2.45) is 0 Å². The van der Waals surface area contributed by atoms with E-state index in [2.05, 4.69) is 5.32 Å². The zero-order valence-corrected chi connectivity index (χ0v) is 14.9. The van der Waals surface area contributed by atoms with Crippen LogP contribution in [0.1, 0.15) is 33.6 Å². The maximum Gasteiger partial charge on any atom is 0.254 e. The van der Waals surface area contributed by atoms with Crippen LogP contribution in [0.2, 0.25) is 0 Å². The molecule has 1 fully saturated rings. The largest absolute Gasteiger partial charge is 0.497 e. The number of hydrogen-bond acceptors (Lipinski definition) is 3. The highest BCUT2D eigenvalue weighted by molar-refractivity contribution is 5.95. The van der Waals surface area contributed by atoms with Gasteiger partial charge in [-0.05, 0) is 49.2 Å². The third-order valence-corrected chi connectivity index (χ3v) is 4.63. The zero-order valence-electron chi connectivity index (χ0n) is 14.9. The lowest BCUT2D eigenvalue weighted by Gasteiger charge is -2.32. The van der Waals surface area contributed by atoms with E-state index in [9.17, 15) is 18.4 Å². The van der Waals surface area contributed by atoms with E-state index in [4.69, 9.17) is 4.74 Å². The quantitative estimate of drug-likeness (QED) is 0.895. The molecule has 2 aromatic rings. The average Bonchev–Trinajstić information content (AvgIpc) is 2.68. The Balaban J connectivity index is 1.55. The lowest BCUT2D eigenvalue weighted by molar-refractivity contribution is 0.0698. The Hall–Kier alpha value is -2.96. The number of carbonyl (C=O) groups is 2. The molecule has 2 amide bonds. The van der Waals surface area contributed by atoms with Crippen molar-refractivity contribution in [3.05, 3.63) is 65.2 Å². The molecule has 142 valence electrons. The maximum absolute atomic E-state index is 13.7. The van der Waals surface area contributed by atoms with Gasteiger partial charge < -0.3 is 15.0 Å². The molecule has 0 bridgehead atoms. The fourth-order valence-corrected chi connectivity index (χ4v) is 3.08. The third-order valence-electron chi connectivity index (χ3n) is 4.63. The van der Waals surface area contributed by atoms with Gasteiger partial charge in [0.2, 0.25) is 0 Å². The summed E-state index contributed by atoms with van der Waals surface area (Å²) in [5.74, 6) is -1.59. The molecule has 3 rings (SSSR count). The van der Waals surface area contributed by atoms with Crippen LogP contribution in [0, 0.1) is 11.6 Å². The van der Waals surface area contributed by atoms with Crippen LogP contribution in [0.4, 0.5) is 8.78 Å². The normalized spacial score (nSPS) is 14.7. The molecule has 1 N–H and O–H groups in total. The summed E-state index contributed by atoms with van der Waals surface area (Å²) in [7, 11) is 1.56. The number of likely N-dealkylation sites (tertiary alicyclic amines) is 1. The van der Waals surface area contributed by atoms with Crippen LogP contribution in [0.5, 0.6) is 5.75 Å². The van der Waals surface area contributed by atoms with Gasteiger partial charge in [0.1, 0.15) is 17.4 Å². The predicted molar refractivity (Wildman–Crippen MR) is 95.7 cm³/mol. The fraction of sp³-hybridized carbons (Fsp3) is 0.300. The molecule has 0 aliphatic carbocycles. The topological polar surface area (TPSA) is 58.6 Å². The lowest BCUT2D eigenvalue weighted by atomic mass is 10.0. The van der Waals surface area contributed by atoms with Gasteiger partial charge in [-0.2, -0.15) is 0 Å². The van der Waals surface area contributed by atoms with Gasteiger partial charge >= 0.3 is 0 Å². The Bertz CT molecular complexity index is 832. The number of carbonyl (C=O) groups excluding carboxylic acids is 2. The Morgan fingerprint density at radius 2 is 1.74 bits per heavy atom. The van der Waals surface area contributed by atoms with Crippen LogP contribution in [0.3, 0.4) is 0 Å². The van der Waals surface area contributed by atoms with Crippen LogP contribution in [-0.2, 0) is 0 Å². The standard InChI is InChI=1S/C20H20F2N2O3/c1-27-16-5-2-13(3-6-16)20(26)24-10-8-15(9-11-24)23-19(25)17-7-4-14(21)12-18(17)22/h2-7,12,15H,8-11H2,1H3,(H,23,25). The first-order valence-electron chi connectivity index (χ1n) is 8.67. The van der Waals surface area contributed by atoms with E-state index in [0.717, 1.165) is 12.1 Å². The Morgan fingerprint density at radius 1 is 1.07 bits per heavy atom. The van der Waals surface area contributed by atoms with E-state index in [0.29, 0.717) is 43.3 Å². The second-order valence-electron chi connectivity index (χ2n) is 6.39. The molecule has 2 aromatic carbocycles. The zero-order chi connectivity index (χ0) is 19.4. The van der Waals surface area contributed by atoms with Crippen LogP contribution < -0.4 is 10.1 Å². The number of nitrogens with zero attached hydrogens (tertiary/aromatic N) is 1. The van der Waals surface area contributed by atoms with Gasteiger partial charge in [-0.3, -0.25) is 9.59 Å². The highest BCUT2D eigenvalue weighted by Gasteiger charge is 2.25. The molecule has 0 aromatic heterocycles. The minimum Gasteiger partial charge on any atom is -0.497 e. The molecule has 1 heterocycles. The van der Waals surface area contributed by atoms with Crippen molar-refractivity contribution >= 4 is 11.8 Å². The minimum atomic E-state index is -0.889. The smallest absolute Gasteiger partial charge is 0.254 e. The molecule has 7 heteroatoms. The first kappa shape index (κ1) is 18.8. The third kappa shape index (κ3) is 4.42. The average molecular weight is 374 g/mol. The number of ether oxygens (including phenoxy) is 1.